The van der Waals surface area contributed by atoms with Crippen LogP contribution in [0.1, 0.15) is 21.9 Å². The summed E-state index contributed by atoms with van der Waals surface area (Å²) in [6.07, 6.45) is 1.75. The normalized spacial score (nSPS) is 10.1. The maximum Gasteiger partial charge on any atom is 0.354 e. The Balaban J connectivity index is 2.01. The first-order valence-corrected chi connectivity index (χ1v) is 5.62. The first kappa shape index (κ1) is 12.2. The standard InChI is InChI=1S/C13H15N3O2/c1-9-11(4-3-7-14-9)15-8-10-5-6-12(16-10)13(17)18-2/h3-7,15-16H,8H2,1-2H3. The lowest BCUT2D eigenvalue weighted by Crippen LogP contribution is -2.04. The lowest BCUT2D eigenvalue weighted by Gasteiger charge is -2.07. The summed E-state index contributed by atoms with van der Waals surface area (Å²) in [5, 5.41) is 3.25. The molecule has 94 valence electrons. The molecule has 5 nitrogen and oxygen atoms in total. The van der Waals surface area contributed by atoms with Crippen molar-refractivity contribution in [3.63, 3.8) is 0 Å². The Morgan fingerprint density at radius 3 is 3.00 bits per heavy atom. The fourth-order valence-corrected chi connectivity index (χ4v) is 1.63. The van der Waals surface area contributed by atoms with Crippen LogP contribution in [-0.2, 0) is 11.3 Å². The van der Waals surface area contributed by atoms with Crippen molar-refractivity contribution in [3.8, 4) is 0 Å². The van der Waals surface area contributed by atoms with Gasteiger partial charge in [0.25, 0.3) is 0 Å². The topological polar surface area (TPSA) is 67.0 Å². The number of nitrogens with one attached hydrogen (secondary N) is 2. The summed E-state index contributed by atoms with van der Waals surface area (Å²) in [6, 6.07) is 7.40. The molecule has 2 rings (SSSR count). The summed E-state index contributed by atoms with van der Waals surface area (Å²) in [5.74, 6) is -0.362. The van der Waals surface area contributed by atoms with Crippen molar-refractivity contribution in [2.75, 3.05) is 12.4 Å². The summed E-state index contributed by atoms with van der Waals surface area (Å²) in [6.45, 7) is 2.54. The number of pyridine rings is 1. The highest BCUT2D eigenvalue weighted by Gasteiger charge is 2.07. The highest BCUT2D eigenvalue weighted by Crippen LogP contribution is 2.12. The van der Waals surface area contributed by atoms with E-state index in [1.807, 2.05) is 25.1 Å². The molecule has 2 aromatic rings. The Bertz CT molecular complexity index is 549. The summed E-state index contributed by atoms with van der Waals surface area (Å²) in [7, 11) is 1.36. The second-order valence-corrected chi connectivity index (χ2v) is 3.88. The minimum atomic E-state index is -0.362. The average molecular weight is 245 g/mol. The molecular weight excluding hydrogens is 230 g/mol. The van der Waals surface area contributed by atoms with Crippen LogP contribution in [0.2, 0.25) is 0 Å². The third-order valence-corrected chi connectivity index (χ3v) is 2.63. The maximum atomic E-state index is 11.3. The number of ether oxygens (including phenoxy) is 1. The molecule has 2 heterocycles. The van der Waals surface area contributed by atoms with E-state index in [1.54, 1.807) is 12.3 Å². The van der Waals surface area contributed by atoms with Gasteiger partial charge in [0.15, 0.2) is 0 Å². The van der Waals surface area contributed by atoms with Gasteiger partial charge in [0.05, 0.1) is 25.0 Å². The SMILES string of the molecule is COC(=O)c1ccc(CNc2cccnc2C)[nH]1. The molecule has 0 radical (unpaired) electrons. The minimum Gasteiger partial charge on any atom is -0.464 e. The molecule has 0 aliphatic carbocycles. The van der Waals surface area contributed by atoms with Gasteiger partial charge in [-0.3, -0.25) is 4.98 Å². The molecule has 0 aliphatic rings. The fraction of sp³-hybridized carbons (Fsp3) is 0.231. The van der Waals surface area contributed by atoms with E-state index in [-0.39, 0.29) is 5.97 Å². The summed E-state index contributed by atoms with van der Waals surface area (Å²) >= 11 is 0. The molecule has 0 spiro atoms. The zero-order chi connectivity index (χ0) is 13.0. The number of methoxy groups -OCH3 is 1. The predicted molar refractivity (Wildman–Crippen MR) is 68.4 cm³/mol. The zero-order valence-electron chi connectivity index (χ0n) is 10.4. The van der Waals surface area contributed by atoms with Crippen LogP contribution >= 0.6 is 0 Å². The summed E-state index contributed by atoms with van der Waals surface area (Å²) < 4.78 is 4.63. The first-order valence-electron chi connectivity index (χ1n) is 5.62. The number of aromatic nitrogens is 2. The van der Waals surface area contributed by atoms with Crippen LogP contribution in [-0.4, -0.2) is 23.0 Å². The van der Waals surface area contributed by atoms with Gasteiger partial charge in [-0.05, 0) is 31.2 Å². The average Bonchev–Trinajstić information content (AvgIpc) is 2.86. The van der Waals surface area contributed by atoms with E-state index in [2.05, 4.69) is 20.0 Å². The number of hydrogen-bond acceptors (Lipinski definition) is 4. The van der Waals surface area contributed by atoms with Crippen molar-refractivity contribution in [3.05, 3.63) is 47.5 Å². The molecule has 0 fully saturated rings. The predicted octanol–water partition coefficient (Wildman–Crippen LogP) is 2.12. The van der Waals surface area contributed by atoms with Gasteiger partial charge in [-0.25, -0.2) is 4.79 Å². The van der Waals surface area contributed by atoms with Crippen molar-refractivity contribution >= 4 is 11.7 Å². The number of aryl methyl sites for hydroxylation is 1. The molecule has 5 heteroatoms. The molecule has 0 saturated heterocycles. The van der Waals surface area contributed by atoms with Crippen LogP contribution in [0, 0.1) is 6.92 Å². The molecule has 0 aliphatic heterocycles. The highest BCUT2D eigenvalue weighted by atomic mass is 16.5. The molecule has 2 aromatic heterocycles. The van der Waals surface area contributed by atoms with Crippen LogP contribution in [0.4, 0.5) is 5.69 Å². The number of aromatic amines is 1. The van der Waals surface area contributed by atoms with Gasteiger partial charge < -0.3 is 15.0 Å². The van der Waals surface area contributed by atoms with E-state index in [0.717, 1.165) is 17.1 Å². The number of rotatable bonds is 4. The monoisotopic (exact) mass is 245 g/mol. The molecule has 2 N–H and O–H groups in total. The van der Waals surface area contributed by atoms with Crippen molar-refractivity contribution in [2.45, 2.75) is 13.5 Å². The molecule has 0 atom stereocenters. The van der Waals surface area contributed by atoms with Gasteiger partial charge in [-0.2, -0.15) is 0 Å². The number of H-pyrrole nitrogens is 1. The van der Waals surface area contributed by atoms with Gasteiger partial charge in [0, 0.05) is 11.9 Å². The van der Waals surface area contributed by atoms with Crippen LogP contribution in [0.15, 0.2) is 30.5 Å². The molecule has 0 saturated carbocycles. The number of nitrogens with zero attached hydrogens (tertiary/aromatic N) is 1. The van der Waals surface area contributed by atoms with Crippen LogP contribution in [0.3, 0.4) is 0 Å². The van der Waals surface area contributed by atoms with Gasteiger partial charge >= 0.3 is 5.97 Å². The van der Waals surface area contributed by atoms with Gasteiger partial charge in [-0.15, -0.1) is 0 Å². The molecule has 0 amide bonds. The molecular formula is C13H15N3O2. The van der Waals surface area contributed by atoms with E-state index in [9.17, 15) is 4.79 Å². The van der Waals surface area contributed by atoms with Gasteiger partial charge in [0.2, 0.25) is 0 Å². The molecule has 0 aromatic carbocycles. The Hall–Kier alpha value is -2.30. The van der Waals surface area contributed by atoms with Gasteiger partial charge in [-0.1, -0.05) is 0 Å². The van der Waals surface area contributed by atoms with Crippen LogP contribution < -0.4 is 5.32 Å². The number of carbonyl (C=O) groups is 1. The smallest absolute Gasteiger partial charge is 0.354 e. The van der Waals surface area contributed by atoms with Crippen LogP contribution in [0.5, 0.6) is 0 Å². The number of carbonyl (C=O) groups excluding carboxylic acids is 1. The second-order valence-electron chi connectivity index (χ2n) is 3.88. The number of anilines is 1. The Morgan fingerprint density at radius 1 is 1.44 bits per heavy atom. The van der Waals surface area contributed by atoms with Crippen molar-refractivity contribution in [2.24, 2.45) is 0 Å². The van der Waals surface area contributed by atoms with E-state index in [1.165, 1.54) is 7.11 Å². The first-order chi connectivity index (χ1) is 8.70. The molecule has 18 heavy (non-hydrogen) atoms. The van der Waals surface area contributed by atoms with Crippen molar-refractivity contribution < 1.29 is 9.53 Å². The Kier molecular flexibility index (Phi) is 3.62. The third-order valence-electron chi connectivity index (χ3n) is 2.63. The van der Waals surface area contributed by atoms with Gasteiger partial charge in [0.1, 0.15) is 5.69 Å². The molecule has 0 unspecified atom stereocenters. The third kappa shape index (κ3) is 2.68. The number of esters is 1. The van der Waals surface area contributed by atoms with E-state index < -0.39 is 0 Å². The Morgan fingerprint density at radius 2 is 2.28 bits per heavy atom. The van der Waals surface area contributed by atoms with Crippen molar-refractivity contribution in [1.29, 1.82) is 0 Å². The fourth-order valence-electron chi connectivity index (χ4n) is 1.63. The second kappa shape index (κ2) is 5.35. The zero-order valence-corrected chi connectivity index (χ0v) is 10.4. The van der Waals surface area contributed by atoms with E-state index in [4.69, 9.17) is 0 Å². The highest BCUT2D eigenvalue weighted by molar-refractivity contribution is 5.87. The summed E-state index contributed by atoms with van der Waals surface area (Å²) in [5.41, 5.74) is 3.29. The van der Waals surface area contributed by atoms with E-state index in [0.29, 0.717) is 12.2 Å². The minimum absolute atomic E-state index is 0.362. The largest absolute Gasteiger partial charge is 0.464 e. The lowest BCUT2D eigenvalue weighted by atomic mass is 10.3. The number of hydrogen-bond donors (Lipinski definition) is 2. The van der Waals surface area contributed by atoms with Crippen LogP contribution in [0.25, 0.3) is 0 Å². The maximum absolute atomic E-state index is 11.3. The summed E-state index contributed by atoms with van der Waals surface area (Å²) in [4.78, 5) is 18.5. The van der Waals surface area contributed by atoms with E-state index >= 15 is 0 Å². The Labute approximate surface area is 105 Å². The molecule has 0 bridgehead atoms. The quantitative estimate of drug-likeness (QED) is 0.810. The van der Waals surface area contributed by atoms with Crippen molar-refractivity contribution in [1.82, 2.24) is 9.97 Å². The lowest BCUT2D eigenvalue weighted by molar-refractivity contribution is 0.0594.